The van der Waals surface area contributed by atoms with E-state index in [1.165, 1.54) is 5.56 Å². The molecule has 0 saturated heterocycles. The molecule has 4 heteroatoms. The lowest BCUT2D eigenvalue weighted by Gasteiger charge is -2.26. The van der Waals surface area contributed by atoms with E-state index in [1.54, 1.807) is 0 Å². The molecule has 1 rings (SSSR count). The molecular weight excluding hydrogens is 254 g/mol. The zero-order valence-electron chi connectivity index (χ0n) is 12.5. The highest BCUT2D eigenvalue weighted by atomic mass is 16.4. The third-order valence-electron chi connectivity index (χ3n) is 3.60. The summed E-state index contributed by atoms with van der Waals surface area (Å²) >= 11 is 0. The number of hydrogen-bond donors (Lipinski definition) is 2. The molecule has 0 heterocycles. The second-order valence-corrected chi connectivity index (χ2v) is 5.56. The van der Waals surface area contributed by atoms with E-state index >= 15 is 0 Å². The van der Waals surface area contributed by atoms with Gasteiger partial charge < -0.3 is 15.1 Å². The SMILES string of the molecule is CC(C)c1ccc(CC(CC(=O)O)N(C)CCO)cc1. The van der Waals surface area contributed by atoms with Crippen molar-refractivity contribution in [3.63, 3.8) is 0 Å². The Labute approximate surface area is 121 Å². The molecule has 0 fully saturated rings. The standard InChI is InChI=1S/C16H25NO3/c1-12(2)14-6-4-13(5-7-14)10-15(11-16(19)20)17(3)8-9-18/h4-7,12,15,18H,8-11H2,1-3H3,(H,19,20). The predicted octanol–water partition coefficient (Wildman–Crippen LogP) is 2.12. The number of carbonyl (C=O) groups is 1. The normalized spacial score (nSPS) is 12.9. The molecule has 0 radical (unpaired) electrons. The minimum absolute atomic E-state index is 0.0406. The van der Waals surface area contributed by atoms with Crippen molar-refractivity contribution in [2.24, 2.45) is 0 Å². The molecule has 20 heavy (non-hydrogen) atoms. The number of aliphatic carboxylic acids is 1. The molecular formula is C16H25NO3. The van der Waals surface area contributed by atoms with Gasteiger partial charge in [0.2, 0.25) is 0 Å². The van der Waals surface area contributed by atoms with Gasteiger partial charge in [0.1, 0.15) is 0 Å². The number of carboxylic acid groups (broad SMARTS) is 1. The first kappa shape index (κ1) is 16.7. The molecule has 1 atom stereocenters. The molecule has 0 bridgehead atoms. The molecule has 0 spiro atoms. The van der Waals surface area contributed by atoms with Gasteiger partial charge in [-0.05, 0) is 30.5 Å². The first-order valence-electron chi connectivity index (χ1n) is 7.05. The Kier molecular flexibility index (Phi) is 6.68. The van der Waals surface area contributed by atoms with Crippen molar-refractivity contribution >= 4 is 5.97 Å². The second kappa shape index (κ2) is 8.02. The van der Waals surface area contributed by atoms with Crippen molar-refractivity contribution in [3.05, 3.63) is 35.4 Å². The Morgan fingerprint density at radius 2 is 1.85 bits per heavy atom. The summed E-state index contributed by atoms with van der Waals surface area (Å²) in [5, 5.41) is 18.0. The second-order valence-electron chi connectivity index (χ2n) is 5.56. The molecule has 0 amide bonds. The summed E-state index contributed by atoms with van der Waals surface area (Å²) in [6.07, 6.45) is 0.767. The number of rotatable bonds is 8. The van der Waals surface area contributed by atoms with E-state index in [1.807, 2.05) is 11.9 Å². The molecule has 0 aliphatic carbocycles. The molecule has 1 aromatic carbocycles. The maximum atomic E-state index is 11.0. The molecule has 2 N–H and O–H groups in total. The van der Waals surface area contributed by atoms with Crippen LogP contribution in [0.4, 0.5) is 0 Å². The Morgan fingerprint density at radius 3 is 2.30 bits per heavy atom. The van der Waals surface area contributed by atoms with Crippen LogP contribution in [-0.2, 0) is 11.2 Å². The van der Waals surface area contributed by atoms with E-state index < -0.39 is 5.97 Å². The minimum atomic E-state index is -0.807. The number of carboxylic acids is 1. The van der Waals surface area contributed by atoms with Gasteiger partial charge >= 0.3 is 5.97 Å². The lowest BCUT2D eigenvalue weighted by atomic mass is 9.97. The first-order valence-corrected chi connectivity index (χ1v) is 7.05. The van der Waals surface area contributed by atoms with Crippen molar-refractivity contribution in [1.29, 1.82) is 0 Å². The fourth-order valence-corrected chi connectivity index (χ4v) is 2.24. The molecule has 0 saturated carbocycles. The first-order chi connectivity index (χ1) is 9.43. The van der Waals surface area contributed by atoms with Gasteiger partial charge in [-0.1, -0.05) is 38.1 Å². The Bertz CT molecular complexity index is 414. The van der Waals surface area contributed by atoms with Crippen LogP contribution >= 0.6 is 0 Å². The predicted molar refractivity (Wildman–Crippen MR) is 80.0 cm³/mol. The third-order valence-corrected chi connectivity index (χ3v) is 3.60. The van der Waals surface area contributed by atoms with Crippen molar-refractivity contribution in [1.82, 2.24) is 4.90 Å². The van der Waals surface area contributed by atoms with Gasteiger partial charge in [-0.2, -0.15) is 0 Å². The lowest BCUT2D eigenvalue weighted by Crippen LogP contribution is -2.37. The van der Waals surface area contributed by atoms with Gasteiger partial charge in [0, 0.05) is 12.6 Å². The third kappa shape index (κ3) is 5.31. The van der Waals surface area contributed by atoms with E-state index in [-0.39, 0.29) is 19.1 Å². The van der Waals surface area contributed by atoms with Gasteiger partial charge in [-0.25, -0.2) is 0 Å². The molecule has 0 aromatic heterocycles. The van der Waals surface area contributed by atoms with E-state index in [0.29, 0.717) is 18.9 Å². The van der Waals surface area contributed by atoms with Gasteiger partial charge in [0.05, 0.1) is 13.0 Å². The molecule has 4 nitrogen and oxygen atoms in total. The van der Waals surface area contributed by atoms with E-state index in [4.69, 9.17) is 10.2 Å². The average molecular weight is 279 g/mol. The molecule has 0 aliphatic rings. The molecule has 0 aliphatic heterocycles. The number of benzene rings is 1. The van der Waals surface area contributed by atoms with Crippen LogP contribution in [0.1, 0.15) is 37.3 Å². The maximum absolute atomic E-state index is 11.0. The molecule has 1 aromatic rings. The van der Waals surface area contributed by atoms with E-state index in [0.717, 1.165) is 5.56 Å². The zero-order chi connectivity index (χ0) is 15.1. The van der Waals surface area contributed by atoms with Crippen LogP contribution in [0.5, 0.6) is 0 Å². The quantitative estimate of drug-likeness (QED) is 0.765. The van der Waals surface area contributed by atoms with Gasteiger partial charge in [-0.3, -0.25) is 4.79 Å². The van der Waals surface area contributed by atoms with Gasteiger partial charge in [0.15, 0.2) is 0 Å². The van der Waals surface area contributed by atoms with Gasteiger partial charge in [0.25, 0.3) is 0 Å². The Balaban J connectivity index is 2.75. The molecule has 112 valence electrons. The van der Waals surface area contributed by atoms with Crippen LogP contribution < -0.4 is 0 Å². The maximum Gasteiger partial charge on any atom is 0.304 e. The summed E-state index contributed by atoms with van der Waals surface area (Å²) < 4.78 is 0. The van der Waals surface area contributed by atoms with Crippen LogP contribution in [0.2, 0.25) is 0 Å². The number of likely N-dealkylation sites (N-methyl/N-ethyl adjacent to an activating group) is 1. The summed E-state index contributed by atoms with van der Waals surface area (Å²) in [5.74, 6) is -0.311. The van der Waals surface area contributed by atoms with Crippen molar-refractivity contribution in [2.45, 2.75) is 38.6 Å². The Hall–Kier alpha value is -1.39. The van der Waals surface area contributed by atoms with E-state index in [2.05, 4.69) is 38.1 Å². The summed E-state index contributed by atoms with van der Waals surface area (Å²) in [7, 11) is 1.85. The monoisotopic (exact) mass is 279 g/mol. The number of aliphatic hydroxyl groups excluding tert-OH is 1. The summed E-state index contributed by atoms with van der Waals surface area (Å²) in [6, 6.07) is 8.24. The van der Waals surface area contributed by atoms with Crippen LogP contribution in [0.15, 0.2) is 24.3 Å². The van der Waals surface area contributed by atoms with Crippen molar-refractivity contribution in [2.75, 3.05) is 20.2 Å². The topological polar surface area (TPSA) is 60.8 Å². The van der Waals surface area contributed by atoms with Crippen LogP contribution in [0, 0.1) is 0 Å². The highest BCUT2D eigenvalue weighted by Crippen LogP contribution is 2.17. The van der Waals surface area contributed by atoms with Crippen LogP contribution in [-0.4, -0.2) is 47.3 Å². The van der Waals surface area contributed by atoms with Gasteiger partial charge in [-0.15, -0.1) is 0 Å². The highest BCUT2D eigenvalue weighted by molar-refractivity contribution is 5.67. The minimum Gasteiger partial charge on any atom is -0.481 e. The average Bonchev–Trinajstić information content (AvgIpc) is 2.38. The van der Waals surface area contributed by atoms with Crippen molar-refractivity contribution < 1.29 is 15.0 Å². The zero-order valence-corrected chi connectivity index (χ0v) is 12.5. The fourth-order valence-electron chi connectivity index (χ4n) is 2.24. The Morgan fingerprint density at radius 1 is 1.25 bits per heavy atom. The molecule has 1 unspecified atom stereocenters. The smallest absolute Gasteiger partial charge is 0.304 e. The summed E-state index contributed by atoms with van der Waals surface area (Å²) in [4.78, 5) is 12.9. The highest BCUT2D eigenvalue weighted by Gasteiger charge is 2.18. The van der Waals surface area contributed by atoms with Crippen molar-refractivity contribution in [3.8, 4) is 0 Å². The lowest BCUT2D eigenvalue weighted by molar-refractivity contribution is -0.138. The summed E-state index contributed by atoms with van der Waals surface area (Å²) in [5.41, 5.74) is 2.41. The number of hydrogen-bond acceptors (Lipinski definition) is 3. The van der Waals surface area contributed by atoms with Crippen LogP contribution in [0.25, 0.3) is 0 Å². The van der Waals surface area contributed by atoms with Crippen LogP contribution in [0.3, 0.4) is 0 Å². The largest absolute Gasteiger partial charge is 0.481 e. The number of aliphatic hydroxyl groups is 1. The summed E-state index contributed by atoms with van der Waals surface area (Å²) in [6.45, 7) is 4.83. The number of nitrogens with zero attached hydrogens (tertiary/aromatic N) is 1. The van der Waals surface area contributed by atoms with E-state index in [9.17, 15) is 4.79 Å². The fraction of sp³-hybridized carbons (Fsp3) is 0.562.